The molecule has 1 atom stereocenters. The molecule has 6 nitrogen and oxygen atoms in total. The summed E-state index contributed by atoms with van der Waals surface area (Å²) in [7, 11) is 0. The predicted octanol–water partition coefficient (Wildman–Crippen LogP) is 3.39. The molecule has 4 rings (SSSR count). The number of fused-ring (bicyclic) bond motifs is 2. The van der Waals surface area contributed by atoms with Gasteiger partial charge in [-0.05, 0) is 56.2 Å². The minimum Gasteiger partial charge on any atom is -0.355 e. The number of nitrogens with one attached hydrogen (secondary N) is 1. The van der Waals surface area contributed by atoms with Crippen molar-refractivity contribution in [3.63, 3.8) is 0 Å². The molecule has 1 aliphatic rings. The Balaban J connectivity index is 1.40. The van der Waals surface area contributed by atoms with Crippen molar-refractivity contribution in [3.05, 3.63) is 64.1 Å². The fourth-order valence-electron chi connectivity index (χ4n) is 4.38. The normalized spacial score (nSPS) is 15.7. The quantitative estimate of drug-likeness (QED) is 0.727. The molecule has 1 aliphatic carbocycles. The molecular formula is C23H25N5O. The zero-order valence-corrected chi connectivity index (χ0v) is 16.9. The van der Waals surface area contributed by atoms with Crippen molar-refractivity contribution in [1.82, 2.24) is 19.9 Å². The molecule has 6 heteroatoms. The van der Waals surface area contributed by atoms with Crippen LogP contribution in [0, 0.1) is 25.2 Å². The molecule has 1 unspecified atom stereocenters. The van der Waals surface area contributed by atoms with Crippen molar-refractivity contribution in [2.75, 3.05) is 6.54 Å². The number of nitriles is 1. The summed E-state index contributed by atoms with van der Waals surface area (Å²) in [6, 6.07) is 10.7. The number of hydrogen-bond acceptors (Lipinski definition) is 4. The van der Waals surface area contributed by atoms with E-state index in [0.29, 0.717) is 36.5 Å². The first kappa shape index (κ1) is 19.1. The van der Waals surface area contributed by atoms with Crippen LogP contribution in [-0.4, -0.2) is 27.0 Å². The highest BCUT2D eigenvalue weighted by Gasteiger charge is 2.20. The summed E-state index contributed by atoms with van der Waals surface area (Å²) in [6.45, 7) is 4.57. The van der Waals surface area contributed by atoms with Crippen LogP contribution in [0.15, 0.2) is 30.5 Å². The van der Waals surface area contributed by atoms with Crippen LogP contribution in [0.5, 0.6) is 0 Å². The number of nitrogens with zero attached hydrogens (tertiary/aromatic N) is 4. The van der Waals surface area contributed by atoms with E-state index in [9.17, 15) is 10.1 Å². The molecular weight excluding hydrogens is 362 g/mol. The molecule has 0 bridgehead atoms. The number of aryl methyl sites for hydroxylation is 3. The van der Waals surface area contributed by atoms with Crippen LogP contribution in [0.1, 0.15) is 58.8 Å². The van der Waals surface area contributed by atoms with E-state index in [4.69, 9.17) is 0 Å². The fraction of sp³-hybridized carbons (Fsp3) is 0.391. The third-order valence-electron chi connectivity index (χ3n) is 5.97. The van der Waals surface area contributed by atoms with Gasteiger partial charge < -0.3 is 5.32 Å². The molecule has 2 heterocycles. The molecule has 1 aromatic carbocycles. The van der Waals surface area contributed by atoms with E-state index in [1.54, 1.807) is 4.52 Å². The lowest BCUT2D eigenvalue weighted by atomic mass is 9.83. The molecule has 1 amide bonds. The molecule has 0 spiro atoms. The maximum Gasteiger partial charge on any atom is 0.220 e. The number of carbonyl (C=O) groups is 1. The third-order valence-corrected chi connectivity index (χ3v) is 5.97. The zero-order chi connectivity index (χ0) is 20.4. The number of carbonyl (C=O) groups excluding carboxylic acids is 1. The lowest BCUT2D eigenvalue weighted by molar-refractivity contribution is -0.121. The van der Waals surface area contributed by atoms with Gasteiger partial charge in [0.2, 0.25) is 5.91 Å². The molecule has 0 aliphatic heterocycles. The van der Waals surface area contributed by atoms with Crippen molar-refractivity contribution in [2.24, 2.45) is 0 Å². The average molecular weight is 387 g/mol. The molecule has 29 heavy (non-hydrogen) atoms. The van der Waals surface area contributed by atoms with Crippen LogP contribution in [0.3, 0.4) is 0 Å². The van der Waals surface area contributed by atoms with Gasteiger partial charge in [0, 0.05) is 30.3 Å². The van der Waals surface area contributed by atoms with E-state index in [0.717, 1.165) is 29.8 Å². The third kappa shape index (κ3) is 3.73. The first-order chi connectivity index (χ1) is 14.1. The van der Waals surface area contributed by atoms with E-state index in [1.807, 2.05) is 13.8 Å². The van der Waals surface area contributed by atoms with Crippen molar-refractivity contribution in [2.45, 2.75) is 51.9 Å². The topological polar surface area (TPSA) is 83.1 Å². The monoisotopic (exact) mass is 387 g/mol. The Hall–Kier alpha value is -3.20. The van der Waals surface area contributed by atoms with Crippen LogP contribution in [0.25, 0.3) is 5.65 Å². The standard InChI is InChI=1S/C23H25N5O/c1-15-20(16(2)28-23(27-15)19(12-24)14-26-28)10-11-22(29)25-13-18-8-5-7-17-6-3-4-9-21(17)18/h3-4,6,9,14,18H,5,7-8,10-11,13H2,1-2H3,(H,25,29). The van der Waals surface area contributed by atoms with Gasteiger partial charge >= 0.3 is 0 Å². The van der Waals surface area contributed by atoms with Gasteiger partial charge in [0.1, 0.15) is 11.6 Å². The first-order valence-electron chi connectivity index (χ1n) is 10.2. The number of aromatic nitrogens is 3. The van der Waals surface area contributed by atoms with E-state index < -0.39 is 0 Å². The first-order valence-corrected chi connectivity index (χ1v) is 10.2. The summed E-state index contributed by atoms with van der Waals surface area (Å²) in [6.07, 6.45) is 5.99. The van der Waals surface area contributed by atoms with Crippen LogP contribution < -0.4 is 5.32 Å². The number of amides is 1. The number of hydrogen-bond donors (Lipinski definition) is 1. The van der Waals surface area contributed by atoms with Gasteiger partial charge in [0.05, 0.1) is 6.20 Å². The molecule has 0 saturated heterocycles. The molecule has 0 radical (unpaired) electrons. The lowest BCUT2D eigenvalue weighted by Crippen LogP contribution is -2.30. The highest BCUT2D eigenvalue weighted by molar-refractivity contribution is 5.76. The summed E-state index contributed by atoms with van der Waals surface area (Å²) in [5.41, 5.74) is 6.64. The van der Waals surface area contributed by atoms with Crippen LogP contribution >= 0.6 is 0 Å². The van der Waals surface area contributed by atoms with Crippen LogP contribution in [-0.2, 0) is 17.6 Å². The van der Waals surface area contributed by atoms with Crippen LogP contribution in [0.4, 0.5) is 0 Å². The molecule has 0 fully saturated rings. The zero-order valence-electron chi connectivity index (χ0n) is 16.9. The Morgan fingerprint density at radius 2 is 2.17 bits per heavy atom. The van der Waals surface area contributed by atoms with Gasteiger partial charge in [-0.25, -0.2) is 9.50 Å². The van der Waals surface area contributed by atoms with Crippen molar-refractivity contribution in [1.29, 1.82) is 5.26 Å². The molecule has 1 N–H and O–H groups in total. The summed E-state index contributed by atoms with van der Waals surface area (Å²) in [5.74, 6) is 0.462. The maximum absolute atomic E-state index is 12.5. The summed E-state index contributed by atoms with van der Waals surface area (Å²) in [5, 5.41) is 16.6. The lowest BCUT2D eigenvalue weighted by Gasteiger charge is -2.25. The SMILES string of the molecule is Cc1nc2c(C#N)cnn2c(C)c1CCC(=O)NCC1CCCc2ccccc21. The fourth-order valence-corrected chi connectivity index (χ4v) is 4.38. The molecule has 3 aromatic rings. The van der Waals surface area contributed by atoms with E-state index in [2.05, 4.69) is 45.7 Å². The minimum atomic E-state index is 0.0603. The second-order valence-electron chi connectivity index (χ2n) is 7.76. The highest BCUT2D eigenvalue weighted by atomic mass is 16.1. The van der Waals surface area contributed by atoms with Gasteiger partial charge in [-0.2, -0.15) is 10.4 Å². The van der Waals surface area contributed by atoms with E-state index in [1.165, 1.54) is 23.7 Å². The van der Waals surface area contributed by atoms with Gasteiger partial charge in [-0.3, -0.25) is 4.79 Å². The average Bonchev–Trinajstić information content (AvgIpc) is 3.15. The Kier molecular flexibility index (Phi) is 5.30. The Morgan fingerprint density at radius 1 is 1.34 bits per heavy atom. The number of rotatable bonds is 5. The summed E-state index contributed by atoms with van der Waals surface area (Å²) < 4.78 is 1.69. The maximum atomic E-state index is 12.5. The Bertz CT molecular complexity index is 1110. The molecule has 2 aromatic heterocycles. The molecule has 148 valence electrons. The van der Waals surface area contributed by atoms with Crippen molar-refractivity contribution < 1.29 is 4.79 Å². The highest BCUT2D eigenvalue weighted by Crippen LogP contribution is 2.30. The number of benzene rings is 1. The van der Waals surface area contributed by atoms with Crippen molar-refractivity contribution >= 4 is 11.6 Å². The summed E-state index contributed by atoms with van der Waals surface area (Å²) >= 11 is 0. The van der Waals surface area contributed by atoms with E-state index in [-0.39, 0.29) is 5.91 Å². The van der Waals surface area contributed by atoms with Crippen LogP contribution in [0.2, 0.25) is 0 Å². The van der Waals surface area contributed by atoms with Gasteiger partial charge in [0.15, 0.2) is 5.65 Å². The van der Waals surface area contributed by atoms with E-state index >= 15 is 0 Å². The van der Waals surface area contributed by atoms with Crippen molar-refractivity contribution in [3.8, 4) is 6.07 Å². The summed E-state index contributed by atoms with van der Waals surface area (Å²) in [4.78, 5) is 17.0. The predicted molar refractivity (Wildman–Crippen MR) is 111 cm³/mol. The van der Waals surface area contributed by atoms with Gasteiger partial charge in [-0.1, -0.05) is 24.3 Å². The van der Waals surface area contributed by atoms with Gasteiger partial charge in [-0.15, -0.1) is 0 Å². The molecule has 0 saturated carbocycles. The largest absolute Gasteiger partial charge is 0.355 e. The van der Waals surface area contributed by atoms with Gasteiger partial charge in [0.25, 0.3) is 0 Å². The Labute approximate surface area is 170 Å². The Morgan fingerprint density at radius 3 is 3.00 bits per heavy atom. The second kappa shape index (κ2) is 8.04. The minimum absolute atomic E-state index is 0.0603. The smallest absolute Gasteiger partial charge is 0.220 e. The second-order valence-corrected chi connectivity index (χ2v) is 7.76.